The first-order valence-corrected chi connectivity index (χ1v) is 6.25. The second-order valence-corrected chi connectivity index (χ2v) is 3.06. The zero-order chi connectivity index (χ0) is 15.6. The van der Waals surface area contributed by atoms with E-state index in [9.17, 15) is 14.0 Å². The zero-order valence-electron chi connectivity index (χ0n) is 12.5. The number of rotatable bonds is 2. The van der Waals surface area contributed by atoms with Crippen molar-refractivity contribution in [3.05, 3.63) is 71.8 Å². The lowest BCUT2D eigenvalue weighted by Crippen LogP contribution is -3.00. The number of carbonyl (C=O) groups is 2. The molecule has 2 nitrogen and oxygen atoms in total. The number of alkyl halides is 1. The third-order valence-corrected chi connectivity index (χ3v) is 1.87. The van der Waals surface area contributed by atoms with Crippen LogP contribution < -0.4 is 4.70 Å². The molecule has 2 rings (SSSR count). The van der Waals surface area contributed by atoms with Crippen LogP contribution in [-0.4, -0.2) is 19.7 Å². The van der Waals surface area contributed by atoms with E-state index in [0.717, 1.165) is 23.7 Å². The number of hydrogen-bond donors (Lipinski definition) is 0. The molecule has 0 N–H and O–H groups in total. The van der Waals surface area contributed by atoms with Gasteiger partial charge in [0.25, 0.3) is 0 Å². The van der Waals surface area contributed by atoms with Crippen LogP contribution in [0.25, 0.3) is 0 Å². The Hall–Kier alpha value is -2.36. The summed E-state index contributed by atoms with van der Waals surface area (Å²) in [5.41, 5.74) is 1.46. The highest BCUT2D eigenvalue weighted by Crippen LogP contribution is 1.92. The number of carbonyl (C=O) groups excluding carboxylic acids is 2. The Morgan fingerprint density at radius 2 is 0.905 bits per heavy atom. The molecule has 21 heavy (non-hydrogen) atoms. The van der Waals surface area contributed by atoms with E-state index in [0.29, 0.717) is 7.18 Å². The van der Waals surface area contributed by atoms with Crippen LogP contribution >= 0.6 is 0 Å². The number of aldehydes is 2. The van der Waals surface area contributed by atoms with Crippen molar-refractivity contribution in [2.24, 2.45) is 0 Å². The summed E-state index contributed by atoms with van der Waals surface area (Å²) in [6.45, 7) is 4.00. The average molecular weight is 293 g/mol. The molecule has 0 spiro atoms. The normalized spacial score (nSPS) is 7.05. The standard InChI is InChI=1S/2C7H6O.C2H6.CH3F.FH/c2*8-6-7-4-2-1-3-5-7;2*1-2;/h2*1-6H;1-2H3;1H3;1H/p-1/i;;;2-1;1-1. The van der Waals surface area contributed by atoms with E-state index in [1.807, 2.05) is 50.2 Å². The molecule has 0 saturated carbocycles. The van der Waals surface area contributed by atoms with Gasteiger partial charge in [-0.25, -0.2) is 0 Å². The van der Waals surface area contributed by atoms with Gasteiger partial charge in [0.15, 0.2) is 0 Å². The molecule has 4 heteroatoms. The van der Waals surface area contributed by atoms with Gasteiger partial charge in [0.05, 0.1) is 7.18 Å². The highest BCUT2D eigenvalue weighted by Gasteiger charge is 1.80. The zero-order valence-corrected chi connectivity index (χ0v) is 12.5. The summed E-state index contributed by atoms with van der Waals surface area (Å²) in [6.07, 6.45) is 1.67. The Kier molecular flexibility index (Phi) is 22.5. The minimum absolute atomic E-state index is 0. The van der Waals surface area contributed by atoms with Crippen molar-refractivity contribution in [3.8, 4) is 0 Å². The second kappa shape index (κ2) is 20.0. The minimum Gasteiger partial charge on any atom is -1.00 e. The molecule has 0 aliphatic rings. The molecule has 0 aliphatic carbocycles. The predicted octanol–water partition coefficient (Wildman–Crippen LogP) is 1.61. The van der Waals surface area contributed by atoms with Crippen LogP contribution in [0.5, 0.6) is 0 Å². The number of benzene rings is 2. The maximum Gasteiger partial charge on any atom is 0.150 e. The first-order chi connectivity index (χ1) is 9.86. The quantitative estimate of drug-likeness (QED) is 0.789. The van der Waals surface area contributed by atoms with Crippen molar-refractivity contribution in [3.63, 3.8) is 0 Å². The summed E-state index contributed by atoms with van der Waals surface area (Å²) in [6, 6.07) is 18.2. The summed E-state index contributed by atoms with van der Waals surface area (Å²) >= 11 is 0. The molecule has 0 bridgehead atoms. The molecule has 0 amide bonds. The van der Waals surface area contributed by atoms with Crippen molar-refractivity contribution < 1.29 is 18.7 Å². The molecule has 0 fully saturated rings. The van der Waals surface area contributed by atoms with E-state index in [2.05, 4.69) is 0 Å². The van der Waals surface area contributed by atoms with Crippen LogP contribution in [0.2, 0.25) is 0 Å². The Balaban J connectivity index is -0.000000240. The molecule has 0 aromatic heterocycles. The fourth-order valence-corrected chi connectivity index (χ4v) is 1.06. The third kappa shape index (κ3) is 13.9. The van der Waals surface area contributed by atoms with Gasteiger partial charge in [-0.3, -0.25) is 14.0 Å². The van der Waals surface area contributed by atoms with E-state index in [-0.39, 0.29) is 4.70 Å². The van der Waals surface area contributed by atoms with Crippen molar-refractivity contribution in [1.82, 2.24) is 0 Å². The molecular weight excluding hydrogens is 272 g/mol. The molecule has 116 valence electrons. The fraction of sp³-hybridized carbons (Fsp3) is 0.176. The molecule has 2 aromatic rings. The van der Waals surface area contributed by atoms with E-state index >= 15 is 0 Å². The van der Waals surface area contributed by atoms with Gasteiger partial charge in [-0.15, -0.1) is 0 Å². The van der Waals surface area contributed by atoms with Crippen molar-refractivity contribution in [2.75, 3.05) is 7.18 Å². The monoisotopic (exact) mass is 293 g/mol. The van der Waals surface area contributed by atoms with Crippen LogP contribution in [0.4, 0.5) is 4.39 Å². The van der Waals surface area contributed by atoms with Crippen molar-refractivity contribution >= 4 is 12.6 Å². The first-order valence-electron chi connectivity index (χ1n) is 6.25. The van der Waals surface area contributed by atoms with Crippen LogP contribution in [0.1, 0.15) is 34.6 Å². The van der Waals surface area contributed by atoms with Gasteiger partial charge in [-0.1, -0.05) is 74.5 Å². The first kappa shape index (κ1) is 23.7. The maximum atomic E-state index is 10.0. The lowest BCUT2D eigenvalue weighted by Gasteiger charge is -1.81. The molecule has 0 heterocycles. The van der Waals surface area contributed by atoms with Gasteiger partial charge >= 0.3 is 0 Å². The average Bonchev–Trinajstić information content (AvgIpc) is 2.60. The summed E-state index contributed by atoms with van der Waals surface area (Å²) in [5.74, 6) is 0. The van der Waals surface area contributed by atoms with Crippen LogP contribution in [0.15, 0.2) is 60.7 Å². The smallest absolute Gasteiger partial charge is 0.150 e. The summed E-state index contributed by atoms with van der Waals surface area (Å²) < 4.78 is 9.50. The van der Waals surface area contributed by atoms with E-state index < -0.39 is 0 Å². The minimum atomic E-state index is 0. The number of hydrogen-bond acceptors (Lipinski definition) is 2. The van der Waals surface area contributed by atoms with Crippen molar-refractivity contribution in [1.29, 1.82) is 0 Å². The third-order valence-electron chi connectivity index (χ3n) is 1.87. The molecule has 0 radical (unpaired) electrons. The number of halogens is 2. The van der Waals surface area contributed by atoms with Gasteiger partial charge in [0, 0.05) is 11.1 Å². The summed E-state index contributed by atoms with van der Waals surface area (Å²) in [7, 11) is 0.500. The van der Waals surface area contributed by atoms with Crippen LogP contribution in [-0.2, 0) is 0 Å². The summed E-state index contributed by atoms with van der Waals surface area (Å²) in [5, 5.41) is 0. The highest BCUT2D eigenvalue weighted by molar-refractivity contribution is 5.74. The van der Waals surface area contributed by atoms with E-state index in [4.69, 9.17) is 0 Å². The molecule has 0 aliphatic heterocycles. The second-order valence-electron chi connectivity index (χ2n) is 3.06. The van der Waals surface area contributed by atoms with Gasteiger partial charge in [-0.2, -0.15) is 0 Å². The van der Waals surface area contributed by atoms with Gasteiger partial charge < -0.3 is 4.70 Å². The molecule has 0 atom stereocenters. The Morgan fingerprint density at radius 3 is 1.05 bits per heavy atom. The van der Waals surface area contributed by atoms with Crippen LogP contribution in [0.3, 0.4) is 0 Å². The lowest BCUT2D eigenvalue weighted by atomic mass is 10.2. The summed E-state index contributed by atoms with van der Waals surface area (Å²) in [4.78, 5) is 20.0. The Morgan fingerprint density at radius 1 is 0.667 bits per heavy atom. The Labute approximate surface area is 125 Å². The SMILES string of the molecule is CC.C[18F].O=Cc1ccccc1.O=Cc1ccccc1.[18F-]. The van der Waals surface area contributed by atoms with E-state index in [1.165, 1.54) is 0 Å². The highest BCUT2D eigenvalue weighted by atomic mass is 18.2. The van der Waals surface area contributed by atoms with Gasteiger partial charge in [0.1, 0.15) is 12.6 Å². The van der Waals surface area contributed by atoms with E-state index in [1.54, 1.807) is 24.3 Å². The van der Waals surface area contributed by atoms with Gasteiger partial charge in [0.2, 0.25) is 0 Å². The molecule has 0 saturated heterocycles. The molecule has 0 unspecified atom stereocenters. The maximum absolute atomic E-state index is 10.0. The van der Waals surface area contributed by atoms with Crippen LogP contribution in [0, 0.1) is 0 Å². The predicted molar refractivity (Wildman–Crippen MR) is 82.0 cm³/mol. The van der Waals surface area contributed by atoms with Crippen molar-refractivity contribution in [2.45, 2.75) is 13.8 Å². The fourth-order valence-electron chi connectivity index (χ4n) is 1.06. The molecule has 2 aromatic carbocycles. The largest absolute Gasteiger partial charge is 1.00 e. The lowest BCUT2D eigenvalue weighted by molar-refractivity contribution is -0.0000174. The Bertz CT molecular complexity index is 388. The molecular formula is C17H21F2O2-. The topological polar surface area (TPSA) is 34.1 Å². The van der Waals surface area contributed by atoms with Gasteiger partial charge in [-0.05, 0) is 0 Å².